The standard InChI is InChI=1S/C16H13FN4O/c17-13-8-6-12(7-9-13)10-18-16(22)15-11-21(20-19-15)14-4-2-1-3-5-14/h1-9,11H,10H2,(H,18,22). The van der Waals surface area contributed by atoms with E-state index in [0.29, 0.717) is 6.54 Å². The van der Waals surface area contributed by atoms with Gasteiger partial charge < -0.3 is 5.32 Å². The van der Waals surface area contributed by atoms with Gasteiger partial charge in [-0.1, -0.05) is 35.5 Å². The predicted molar refractivity (Wildman–Crippen MR) is 78.9 cm³/mol. The summed E-state index contributed by atoms with van der Waals surface area (Å²) in [5.41, 5.74) is 1.86. The molecule has 0 aliphatic carbocycles. The summed E-state index contributed by atoms with van der Waals surface area (Å²) < 4.78 is 14.3. The fraction of sp³-hybridized carbons (Fsp3) is 0.0625. The molecule has 0 aliphatic rings. The highest BCUT2D eigenvalue weighted by Crippen LogP contribution is 2.06. The van der Waals surface area contributed by atoms with Crippen molar-refractivity contribution in [1.82, 2.24) is 20.3 Å². The lowest BCUT2D eigenvalue weighted by Crippen LogP contribution is -2.23. The van der Waals surface area contributed by atoms with Crippen LogP contribution in [0.4, 0.5) is 4.39 Å². The molecule has 2 aromatic carbocycles. The molecule has 0 radical (unpaired) electrons. The van der Waals surface area contributed by atoms with Crippen molar-refractivity contribution in [3.8, 4) is 5.69 Å². The van der Waals surface area contributed by atoms with E-state index < -0.39 is 0 Å². The first-order valence-electron chi connectivity index (χ1n) is 6.73. The van der Waals surface area contributed by atoms with Crippen molar-refractivity contribution in [2.24, 2.45) is 0 Å². The molecule has 110 valence electrons. The van der Waals surface area contributed by atoms with Crippen molar-refractivity contribution in [2.75, 3.05) is 0 Å². The Labute approximate surface area is 126 Å². The van der Waals surface area contributed by atoms with E-state index >= 15 is 0 Å². The first kappa shape index (κ1) is 13.9. The predicted octanol–water partition coefficient (Wildman–Crippen LogP) is 2.34. The summed E-state index contributed by atoms with van der Waals surface area (Å²) in [5, 5.41) is 10.5. The Balaban J connectivity index is 1.66. The van der Waals surface area contributed by atoms with Crippen molar-refractivity contribution >= 4 is 5.91 Å². The zero-order chi connectivity index (χ0) is 15.4. The van der Waals surface area contributed by atoms with Gasteiger partial charge in [-0.25, -0.2) is 9.07 Å². The minimum Gasteiger partial charge on any atom is -0.347 e. The second kappa shape index (κ2) is 6.17. The first-order chi connectivity index (χ1) is 10.7. The fourth-order valence-electron chi connectivity index (χ4n) is 1.95. The highest BCUT2D eigenvalue weighted by molar-refractivity contribution is 5.91. The van der Waals surface area contributed by atoms with E-state index in [1.807, 2.05) is 30.3 Å². The Morgan fingerprint density at radius 2 is 1.82 bits per heavy atom. The number of benzene rings is 2. The van der Waals surface area contributed by atoms with E-state index in [4.69, 9.17) is 0 Å². The summed E-state index contributed by atoms with van der Waals surface area (Å²) in [6.45, 7) is 0.303. The Hall–Kier alpha value is -3.02. The van der Waals surface area contributed by atoms with Gasteiger partial charge in [-0.05, 0) is 29.8 Å². The van der Waals surface area contributed by atoms with Crippen molar-refractivity contribution in [1.29, 1.82) is 0 Å². The number of aromatic nitrogens is 3. The van der Waals surface area contributed by atoms with Crippen LogP contribution in [0.25, 0.3) is 5.69 Å². The van der Waals surface area contributed by atoms with Gasteiger partial charge in [0, 0.05) is 6.54 Å². The van der Waals surface area contributed by atoms with Gasteiger partial charge in [-0.15, -0.1) is 5.10 Å². The van der Waals surface area contributed by atoms with Gasteiger partial charge in [0.25, 0.3) is 5.91 Å². The van der Waals surface area contributed by atoms with Crippen LogP contribution in [0.3, 0.4) is 0 Å². The maximum atomic E-state index is 12.8. The van der Waals surface area contributed by atoms with Gasteiger partial charge in [0.2, 0.25) is 0 Å². The molecule has 0 spiro atoms. The van der Waals surface area contributed by atoms with Gasteiger partial charge in [0.05, 0.1) is 11.9 Å². The maximum absolute atomic E-state index is 12.8. The van der Waals surface area contributed by atoms with Gasteiger partial charge in [0.1, 0.15) is 5.82 Å². The average molecular weight is 296 g/mol. The van der Waals surface area contributed by atoms with E-state index in [1.165, 1.54) is 16.8 Å². The molecular weight excluding hydrogens is 283 g/mol. The molecule has 0 atom stereocenters. The van der Waals surface area contributed by atoms with Crippen LogP contribution in [-0.4, -0.2) is 20.9 Å². The third kappa shape index (κ3) is 3.17. The minimum atomic E-state index is -0.327. The zero-order valence-corrected chi connectivity index (χ0v) is 11.6. The number of amides is 1. The quantitative estimate of drug-likeness (QED) is 0.804. The molecule has 22 heavy (non-hydrogen) atoms. The van der Waals surface area contributed by atoms with E-state index in [-0.39, 0.29) is 17.4 Å². The van der Waals surface area contributed by atoms with E-state index in [9.17, 15) is 9.18 Å². The number of hydrogen-bond donors (Lipinski definition) is 1. The van der Waals surface area contributed by atoms with Crippen LogP contribution in [-0.2, 0) is 6.54 Å². The third-order valence-corrected chi connectivity index (χ3v) is 3.11. The lowest BCUT2D eigenvalue weighted by atomic mass is 10.2. The van der Waals surface area contributed by atoms with E-state index in [1.54, 1.807) is 18.3 Å². The van der Waals surface area contributed by atoms with Gasteiger partial charge in [-0.3, -0.25) is 4.79 Å². The maximum Gasteiger partial charge on any atom is 0.273 e. The number of hydrogen-bond acceptors (Lipinski definition) is 3. The van der Waals surface area contributed by atoms with Crippen LogP contribution in [0.5, 0.6) is 0 Å². The topological polar surface area (TPSA) is 59.8 Å². The number of carbonyl (C=O) groups is 1. The van der Waals surface area contributed by atoms with Crippen LogP contribution in [0.1, 0.15) is 16.1 Å². The number of para-hydroxylation sites is 1. The Bertz CT molecular complexity index is 768. The molecule has 6 heteroatoms. The van der Waals surface area contributed by atoms with Gasteiger partial charge >= 0.3 is 0 Å². The molecular formula is C16H13FN4O. The van der Waals surface area contributed by atoms with E-state index in [2.05, 4.69) is 15.6 Å². The number of rotatable bonds is 4. The summed E-state index contributed by atoms with van der Waals surface area (Å²) >= 11 is 0. The third-order valence-electron chi connectivity index (χ3n) is 3.11. The van der Waals surface area contributed by atoms with Crippen LogP contribution < -0.4 is 5.32 Å². The molecule has 0 saturated heterocycles. The number of nitrogens with one attached hydrogen (secondary N) is 1. The summed E-state index contributed by atoms with van der Waals surface area (Å²) in [6.07, 6.45) is 1.56. The lowest BCUT2D eigenvalue weighted by Gasteiger charge is -2.02. The molecule has 3 rings (SSSR count). The average Bonchev–Trinajstić information content (AvgIpc) is 3.05. The Morgan fingerprint density at radius 1 is 1.09 bits per heavy atom. The Kier molecular flexibility index (Phi) is 3.91. The largest absolute Gasteiger partial charge is 0.347 e. The SMILES string of the molecule is O=C(NCc1ccc(F)cc1)c1cn(-c2ccccc2)nn1. The molecule has 1 amide bonds. The second-order valence-electron chi connectivity index (χ2n) is 4.69. The number of halogens is 1. The molecule has 1 aromatic heterocycles. The molecule has 1 N–H and O–H groups in total. The molecule has 0 unspecified atom stereocenters. The smallest absolute Gasteiger partial charge is 0.273 e. The van der Waals surface area contributed by atoms with Crippen molar-refractivity contribution in [3.05, 3.63) is 77.9 Å². The normalized spacial score (nSPS) is 10.4. The van der Waals surface area contributed by atoms with Gasteiger partial charge in [-0.2, -0.15) is 0 Å². The highest BCUT2D eigenvalue weighted by Gasteiger charge is 2.11. The monoisotopic (exact) mass is 296 g/mol. The molecule has 0 fully saturated rings. The molecule has 0 aliphatic heterocycles. The summed E-state index contributed by atoms with van der Waals surface area (Å²) in [4.78, 5) is 12.0. The van der Waals surface area contributed by atoms with Crippen LogP contribution >= 0.6 is 0 Å². The lowest BCUT2D eigenvalue weighted by molar-refractivity contribution is 0.0946. The molecule has 0 bridgehead atoms. The second-order valence-corrected chi connectivity index (χ2v) is 4.69. The first-order valence-corrected chi connectivity index (χ1v) is 6.73. The number of carbonyl (C=O) groups excluding carboxylic acids is 1. The van der Waals surface area contributed by atoms with Crippen LogP contribution in [0.2, 0.25) is 0 Å². The van der Waals surface area contributed by atoms with Crippen molar-refractivity contribution in [2.45, 2.75) is 6.54 Å². The van der Waals surface area contributed by atoms with E-state index in [0.717, 1.165) is 11.3 Å². The Morgan fingerprint density at radius 3 is 2.55 bits per heavy atom. The van der Waals surface area contributed by atoms with Crippen molar-refractivity contribution < 1.29 is 9.18 Å². The molecule has 5 nitrogen and oxygen atoms in total. The van der Waals surface area contributed by atoms with Gasteiger partial charge in [0.15, 0.2) is 5.69 Å². The zero-order valence-electron chi connectivity index (χ0n) is 11.6. The fourth-order valence-corrected chi connectivity index (χ4v) is 1.95. The van der Waals surface area contributed by atoms with Crippen LogP contribution in [0.15, 0.2) is 60.8 Å². The summed E-state index contributed by atoms with van der Waals surface area (Å²) in [7, 11) is 0. The minimum absolute atomic E-state index is 0.228. The van der Waals surface area contributed by atoms with Crippen LogP contribution in [0, 0.1) is 5.82 Å². The molecule has 1 heterocycles. The summed E-state index contributed by atoms with van der Waals surface area (Å²) in [5.74, 6) is -0.632. The molecule has 0 saturated carbocycles. The molecule has 3 aromatic rings. The highest BCUT2D eigenvalue weighted by atomic mass is 19.1. The van der Waals surface area contributed by atoms with Crippen molar-refractivity contribution in [3.63, 3.8) is 0 Å². The summed E-state index contributed by atoms with van der Waals surface area (Å²) in [6, 6.07) is 15.4. The number of nitrogens with zero attached hydrogens (tertiary/aromatic N) is 3.